The van der Waals surface area contributed by atoms with E-state index < -0.39 is 17.8 Å². The summed E-state index contributed by atoms with van der Waals surface area (Å²) >= 11 is 17.7. The van der Waals surface area contributed by atoms with Crippen LogP contribution in [0, 0.1) is 5.82 Å². The summed E-state index contributed by atoms with van der Waals surface area (Å²) in [5.74, 6) is -1.22. The molecular formula is C15H13Cl3FNO. The van der Waals surface area contributed by atoms with Gasteiger partial charge >= 0.3 is 0 Å². The third-order valence-electron chi connectivity index (χ3n) is 3.30. The molecule has 0 aliphatic rings. The normalized spacial score (nSPS) is 14.0. The van der Waals surface area contributed by atoms with Gasteiger partial charge in [-0.1, -0.05) is 53.0 Å². The molecule has 0 saturated heterocycles. The standard InChI is InChI=1S/C15H13Cl3FNO/c16-8-4-5-9(13(18)6-8)11(7-20)15(21)10-2-1-3-12(17)14(10)19/h1-6,11,15,21H,7,20H2. The lowest BCUT2D eigenvalue weighted by Gasteiger charge is -2.24. The molecule has 112 valence electrons. The highest BCUT2D eigenvalue weighted by Crippen LogP contribution is 2.37. The maximum absolute atomic E-state index is 14.0. The molecule has 3 N–H and O–H groups in total. The molecule has 2 aromatic rings. The number of halogens is 4. The summed E-state index contributed by atoms with van der Waals surface area (Å²) in [6.07, 6.45) is -1.16. The molecule has 0 bridgehead atoms. The van der Waals surface area contributed by atoms with Crippen LogP contribution in [0.3, 0.4) is 0 Å². The summed E-state index contributed by atoms with van der Waals surface area (Å²) in [6, 6.07) is 9.34. The van der Waals surface area contributed by atoms with Crippen LogP contribution in [0.4, 0.5) is 4.39 Å². The maximum Gasteiger partial charge on any atom is 0.147 e. The van der Waals surface area contributed by atoms with Crippen molar-refractivity contribution in [3.63, 3.8) is 0 Å². The Balaban J connectivity index is 2.43. The van der Waals surface area contributed by atoms with Gasteiger partial charge < -0.3 is 10.8 Å². The molecule has 6 heteroatoms. The van der Waals surface area contributed by atoms with E-state index in [1.165, 1.54) is 12.1 Å². The van der Waals surface area contributed by atoms with Gasteiger partial charge in [0.2, 0.25) is 0 Å². The Hall–Kier alpha value is -0.840. The lowest BCUT2D eigenvalue weighted by atomic mass is 9.89. The van der Waals surface area contributed by atoms with Gasteiger partial charge in [0, 0.05) is 28.1 Å². The van der Waals surface area contributed by atoms with Crippen LogP contribution in [0.25, 0.3) is 0 Å². The van der Waals surface area contributed by atoms with Gasteiger partial charge in [0.15, 0.2) is 0 Å². The second kappa shape index (κ2) is 6.95. The number of hydrogen-bond acceptors (Lipinski definition) is 2. The highest BCUT2D eigenvalue weighted by Gasteiger charge is 2.26. The van der Waals surface area contributed by atoms with Gasteiger partial charge in [-0.2, -0.15) is 0 Å². The molecule has 2 aromatic carbocycles. The van der Waals surface area contributed by atoms with E-state index >= 15 is 0 Å². The molecule has 0 amide bonds. The molecular weight excluding hydrogens is 336 g/mol. The highest BCUT2D eigenvalue weighted by atomic mass is 35.5. The molecule has 0 heterocycles. The summed E-state index contributed by atoms with van der Waals surface area (Å²) in [5.41, 5.74) is 6.42. The first-order valence-electron chi connectivity index (χ1n) is 6.22. The van der Waals surface area contributed by atoms with E-state index in [0.717, 1.165) is 0 Å². The molecule has 2 atom stereocenters. The Kier molecular flexibility index (Phi) is 5.47. The number of aliphatic hydroxyl groups is 1. The van der Waals surface area contributed by atoms with Gasteiger partial charge in [-0.15, -0.1) is 0 Å². The second-order valence-electron chi connectivity index (χ2n) is 4.60. The van der Waals surface area contributed by atoms with Gasteiger partial charge in [0.05, 0.1) is 11.1 Å². The van der Waals surface area contributed by atoms with Crippen molar-refractivity contribution in [1.29, 1.82) is 0 Å². The van der Waals surface area contributed by atoms with Gasteiger partial charge in [-0.3, -0.25) is 0 Å². The minimum Gasteiger partial charge on any atom is -0.388 e. The van der Waals surface area contributed by atoms with Crippen molar-refractivity contribution in [2.75, 3.05) is 6.54 Å². The van der Waals surface area contributed by atoms with Crippen LogP contribution in [-0.2, 0) is 0 Å². The fourth-order valence-corrected chi connectivity index (χ4v) is 2.92. The highest BCUT2D eigenvalue weighted by molar-refractivity contribution is 6.35. The zero-order valence-corrected chi connectivity index (χ0v) is 13.1. The van der Waals surface area contributed by atoms with Crippen molar-refractivity contribution in [3.05, 3.63) is 68.4 Å². The van der Waals surface area contributed by atoms with Gasteiger partial charge in [-0.05, 0) is 23.8 Å². The molecule has 0 spiro atoms. The quantitative estimate of drug-likeness (QED) is 0.850. The third-order valence-corrected chi connectivity index (χ3v) is 4.15. The lowest BCUT2D eigenvalue weighted by molar-refractivity contribution is 0.143. The number of hydrogen-bond donors (Lipinski definition) is 2. The predicted molar refractivity (Wildman–Crippen MR) is 84.6 cm³/mol. The number of rotatable bonds is 4. The van der Waals surface area contributed by atoms with Crippen LogP contribution < -0.4 is 5.73 Å². The number of nitrogens with two attached hydrogens (primary N) is 1. The second-order valence-corrected chi connectivity index (χ2v) is 5.85. The van der Waals surface area contributed by atoms with Crippen molar-refractivity contribution in [1.82, 2.24) is 0 Å². The van der Waals surface area contributed by atoms with Crippen LogP contribution >= 0.6 is 34.8 Å². The van der Waals surface area contributed by atoms with Gasteiger partial charge in [-0.25, -0.2) is 4.39 Å². The van der Waals surface area contributed by atoms with E-state index in [1.54, 1.807) is 24.3 Å². The minimum atomic E-state index is -1.16. The summed E-state index contributed by atoms with van der Waals surface area (Å²) in [6.45, 7) is 0.0917. The summed E-state index contributed by atoms with van der Waals surface area (Å²) < 4.78 is 14.0. The Morgan fingerprint density at radius 2 is 1.76 bits per heavy atom. The Labute approximate surface area is 137 Å². The molecule has 2 unspecified atom stereocenters. The van der Waals surface area contributed by atoms with E-state index in [0.29, 0.717) is 15.6 Å². The van der Waals surface area contributed by atoms with Crippen LogP contribution in [0.5, 0.6) is 0 Å². The van der Waals surface area contributed by atoms with Crippen molar-refractivity contribution in [2.24, 2.45) is 5.73 Å². The van der Waals surface area contributed by atoms with Crippen molar-refractivity contribution in [3.8, 4) is 0 Å². The third kappa shape index (κ3) is 3.50. The monoisotopic (exact) mass is 347 g/mol. The topological polar surface area (TPSA) is 46.2 Å². The number of benzene rings is 2. The first-order valence-corrected chi connectivity index (χ1v) is 7.36. The van der Waals surface area contributed by atoms with Crippen molar-refractivity contribution >= 4 is 34.8 Å². The first kappa shape index (κ1) is 16.5. The molecule has 0 fully saturated rings. The lowest BCUT2D eigenvalue weighted by Crippen LogP contribution is -2.21. The summed E-state index contributed by atoms with van der Waals surface area (Å²) in [5, 5.41) is 11.3. The van der Waals surface area contributed by atoms with E-state index in [1.807, 2.05) is 0 Å². The van der Waals surface area contributed by atoms with Gasteiger partial charge in [0.1, 0.15) is 5.82 Å². The van der Waals surface area contributed by atoms with E-state index in [9.17, 15) is 9.50 Å². The molecule has 0 aromatic heterocycles. The molecule has 21 heavy (non-hydrogen) atoms. The smallest absolute Gasteiger partial charge is 0.147 e. The molecule has 2 nitrogen and oxygen atoms in total. The Morgan fingerprint density at radius 1 is 1.05 bits per heavy atom. The Morgan fingerprint density at radius 3 is 2.38 bits per heavy atom. The van der Waals surface area contributed by atoms with Crippen molar-refractivity contribution in [2.45, 2.75) is 12.0 Å². The van der Waals surface area contributed by atoms with Crippen molar-refractivity contribution < 1.29 is 9.50 Å². The fraction of sp³-hybridized carbons (Fsp3) is 0.200. The van der Waals surface area contributed by atoms with Crippen LogP contribution in [0.15, 0.2) is 36.4 Å². The van der Waals surface area contributed by atoms with E-state index in [-0.39, 0.29) is 17.1 Å². The minimum absolute atomic E-state index is 0.0514. The average Bonchev–Trinajstić information content (AvgIpc) is 2.44. The SMILES string of the molecule is NCC(c1ccc(Cl)cc1Cl)C(O)c1cccc(Cl)c1F. The summed E-state index contributed by atoms with van der Waals surface area (Å²) in [4.78, 5) is 0. The van der Waals surface area contributed by atoms with E-state index in [2.05, 4.69) is 0 Å². The number of aliphatic hydroxyl groups excluding tert-OH is 1. The average molecular weight is 349 g/mol. The fourth-order valence-electron chi connectivity index (χ4n) is 2.19. The molecule has 2 rings (SSSR count). The van der Waals surface area contributed by atoms with Gasteiger partial charge in [0.25, 0.3) is 0 Å². The van der Waals surface area contributed by atoms with Crippen LogP contribution in [0.2, 0.25) is 15.1 Å². The van der Waals surface area contributed by atoms with E-state index in [4.69, 9.17) is 40.5 Å². The molecule has 0 aliphatic heterocycles. The van der Waals surface area contributed by atoms with Crippen LogP contribution in [-0.4, -0.2) is 11.7 Å². The molecule has 0 radical (unpaired) electrons. The molecule has 0 saturated carbocycles. The zero-order chi connectivity index (χ0) is 15.6. The zero-order valence-electron chi connectivity index (χ0n) is 10.9. The Bertz CT molecular complexity index is 651. The largest absolute Gasteiger partial charge is 0.388 e. The molecule has 0 aliphatic carbocycles. The first-order chi connectivity index (χ1) is 9.95. The maximum atomic E-state index is 14.0. The predicted octanol–water partition coefficient (Wildman–Crippen LogP) is 4.56. The van der Waals surface area contributed by atoms with Crippen LogP contribution in [0.1, 0.15) is 23.1 Å². The summed E-state index contributed by atoms with van der Waals surface area (Å²) in [7, 11) is 0.